The molecule has 2 amide bonds. The highest BCUT2D eigenvalue weighted by Gasteiger charge is 2.41. The molecule has 1 heterocycles. The van der Waals surface area contributed by atoms with E-state index in [-0.39, 0.29) is 11.5 Å². The van der Waals surface area contributed by atoms with Crippen LogP contribution in [0.3, 0.4) is 0 Å². The zero-order valence-electron chi connectivity index (χ0n) is 18.4. The zero-order chi connectivity index (χ0) is 25.0. The van der Waals surface area contributed by atoms with Crippen molar-refractivity contribution >= 4 is 74.1 Å². The number of amides is 2. The van der Waals surface area contributed by atoms with Gasteiger partial charge < -0.3 is 14.2 Å². The molecule has 7 nitrogen and oxygen atoms in total. The number of nitrogens with zero attached hydrogens (tertiary/aromatic N) is 1. The first-order valence-corrected chi connectivity index (χ1v) is 12.4. The lowest BCUT2D eigenvalue weighted by Crippen LogP contribution is -2.42. The third kappa shape index (κ3) is 5.89. The van der Waals surface area contributed by atoms with Gasteiger partial charge in [-0.15, -0.1) is 0 Å². The van der Waals surface area contributed by atoms with Crippen molar-refractivity contribution in [3.63, 3.8) is 0 Å². The molecule has 2 aromatic rings. The lowest BCUT2D eigenvalue weighted by Gasteiger charge is -2.18. The molecule has 0 saturated carbocycles. The van der Waals surface area contributed by atoms with Crippen LogP contribution in [-0.2, 0) is 20.9 Å². The molecular formula is C23H20BrCl2NO6S. The van der Waals surface area contributed by atoms with Crippen LogP contribution in [0.1, 0.15) is 25.0 Å². The number of hydrogen-bond donors (Lipinski definition) is 0. The van der Waals surface area contributed by atoms with Crippen LogP contribution in [0.2, 0.25) is 10.0 Å². The van der Waals surface area contributed by atoms with Crippen LogP contribution < -0.4 is 9.47 Å². The number of imide groups is 1. The lowest BCUT2D eigenvalue weighted by atomic mass is 10.1. The second-order valence-electron chi connectivity index (χ2n) is 7.05. The summed E-state index contributed by atoms with van der Waals surface area (Å²) >= 11 is 16.3. The van der Waals surface area contributed by atoms with Crippen molar-refractivity contribution in [3.05, 3.63) is 60.9 Å². The minimum atomic E-state index is -1.02. The van der Waals surface area contributed by atoms with Crippen LogP contribution in [0.4, 0.5) is 4.79 Å². The maximum absolute atomic E-state index is 12.8. The van der Waals surface area contributed by atoms with E-state index in [1.165, 1.54) is 14.0 Å². The van der Waals surface area contributed by atoms with Crippen LogP contribution >= 0.6 is 50.9 Å². The average Bonchev–Trinajstić information content (AvgIpc) is 3.07. The molecular weight excluding hydrogens is 569 g/mol. The molecule has 0 N–H and O–H groups in total. The molecule has 0 spiro atoms. The molecule has 1 aliphatic heterocycles. The molecule has 1 aliphatic rings. The van der Waals surface area contributed by atoms with Gasteiger partial charge in [-0.1, -0.05) is 29.3 Å². The summed E-state index contributed by atoms with van der Waals surface area (Å²) in [5.41, 5.74) is 1.43. The summed E-state index contributed by atoms with van der Waals surface area (Å²) in [7, 11) is 1.20. The van der Waals surface area contributed by atoms with Gasteiger partial charge in [0.15, 0.2) is 11.5 Å². The summed E-state index contributed by atoms with van der Waals surface area (Å²) in [6.45, 7) is 3.88. The average molecular weight is 589 g/mol. The van der Waals surface area contributed by atoms with Crippen molar-refractivity contribution in [2.45, 2.75) is 26.5 Å². The van der Waals surface area contributed by atoms with Gasteiger partial charge in [-0.2, -0.15) is 0 Å². The van der Waals surface area contributed by atoms with Gasteiger partial charge >= 0.3 is 5.97 Å². The van der Waals surface area contributed by atoms with Gasteiger partial charge in [0.1, 0.15) is 12.6 Å². The number of carbonyl (C=O) groups excluding carboxylic acids is 3. The number of halogens is 3. The van der Waals surface area contributed by atoms with Crippen molar-refractivity contribution in [2.24, 2.45) is 0 Å². The molecule has 11 heteroatoms. The SMILES string of the molecule is CCOc1cc(/C=C2/SC(=O)N([C@@H](C)C(=O)OC)C2=O)cc(Br)c1OCc1ccc(Cl)c(Cl)c1. The lowest BCUT2D eigenvalue weighted by molar-refractivity contribution is -0.148. The Morgan fingerprint density at radius 1 is 1.18 bits per heavy atom. The Morgan fingerprint density at radius 3 is 2.56 bits per heavy atom. The minimum absolute atomic E-state index is 0.180. The van der Waals surface area contributed by atoms with Gasteiger partial charge in [0.05, 0.1) is 33.1 Å². The smallest absolute Gasteiger partial charge is 0.328 e. The van der Waals surface area contributed by atoms with E-state index in [1.807, 2.05) is 13.0 Å². The predicted octanol–water partition coefficient (Wildman–Crippen LogP) is 6.33. The number of methoxy groups -OCH3 is 1. The summed E-state index contributed by atoms with van der Waals surface area (Å²) in [5.74, 6) is -0.321. The van der Waals surface area contributed by atoms with Crippen molar-refractivity contribution in [1.29, 1.82) is 0 Å². The summed E-state index contributed by atoms with van der Waals surface area (Å²) in [5, 5.41) is 0.342. The number of esters is 1. The Hall–Kier alpha value is -2.20. The highest BCUT2D eigenvalue weighted by molar-refractivity contribution is 9.10. The number of ether oxygens (including phenoxy) is 3. The van der Waals surface area contributed by atoms with E-state index in [0.717, 1.165) is 22.2 Å². The molecule has 1 saturated heterocycles. The Bertz CT molecular complexity index is 1170. The monoisotopic (exact) mass is 587 g/mol. The molecule has 3 rings (SSSR count). The first kappa shape index (κ1) is 26.4. The van der Waals surface area contributed by atoms with Crippen molar-refractivity contribution in [2.75, 3.05) is 13.7 Å². The van der Waals surface area contributed by atoms with Gasteiger partial charge in [0, 0.05) is 0 Å². The van der Waals surface area contributed by atoms with Crippen LogP contribution in [0.15, 0.2) is 39.7 Å². The molecule has 1 fully saturated rings. The fraction of sp³-hybridized carbons (Fsp3) is 0.261. The van der Waals surface area contributed by atoms with Gasteiger partial charge in [-0.25, -0.2) is 4.79 Å². The Morgan fingerprint density at radius 2 is 1.91 bits per heavy atom. The number of benzene rings is 2. The molecule has 34 heavy (non-hydrogen) atoms. The quantitative estimate of drug-likeness (QED) is 0.263. The van der Waals surface area contributed by atoms with Crippen molar-refractivity contribution in [3.8, 4) is 11.5 Å². The van der Waals surface area contributed by atoms with Crippen LogP contribution in [-0.4, -0.2) is 41.8 Å². The van der Waals surface area contributed by atoms with E-state index in [1.54, 1.807) is 30.3 Å². The van der Waals surface area contributed by atoms with Crippen LogP contribution in [0.25, 0.3) is 6.08 Å². The highest BCUT2D eigenvalue weighted by atomic mass is 79.9. The second kappa shape index (κ2) is 11.5. The summed E-state index contributed by atoms with van der Waals surface area (Å²) in [4.78, 5) is 38.0. The van der Waals surface area contributed by atoms with Gasteiger partial charge in [-0.3, -0.25) is 14.5 Å². The van der Waals surface area contributed by atoms with E-state index < -0.39 is 23.2 Å². The first-order chi connectivity index (χ1) is 16.2. The molecule has 180 valence electrons. The third-order valence-corrected chi connectivity index (χ3v) is 6.96. The number of hydrogen-bond acceptors (Lipinski definition) is 7. The first-order valence-electron chi connectivity index (χ1n) is 10.0. The van der Waals surface area contributed by atoms with E-state index in [9.17, 15) is 14.4 Å². The van der Waals surface area contributed by atoms with Crippen LogP contribution in [0.5, 0.6) is 11.5 Å². The third-order valence-electron chi connectivity index (χ3n) is 4.75. The fourth-order valence-electron chi connectivity index (χ4n) is 3.10. The van der Waals surface area contributed by atoms with E-state index in [0.29, 0.717) is 38.2 Å². The molecule has 0 aromatic heterocycles. The molecule has 0 bridgehead atoms. The Balaban J connectivity index is 1.86. The number of thioether (sulfide) groups is 1. The zero-order valence-corrected chi connectivity index (χ0v) is 22.3. The summed E-state index contributed by atoms with van der Waals surface area (Å²) in [6, 6.07) is 7.64. The van der Waals surface area contributed by atoms with Crippen molar-refractivity contribution < 1.29 is 28.6 Å². The maximum atomic E-state index is 12.8. The largest absolute Gasteiger partial charge is 0.490 e. The maximum Gasteiger partial charge on any atom is 0.328 e. The minimum Gasteiger partial charge on any atom is -0.490 e. The van der Waals surface area contributed by atoms with E-state index in [2.05, 4.69) is 20.7 Å². The summed E-state index contributed by atoms with van der Waals surface area (Å²) < 4.78 is 17.0. The van der Waals surface area contributed by atoms with Gasteiger partial charge in [-0.05, 0) is 83.0 Å². The van der Waals surface area contributed by atoms with E-state index in [4.69, 9.17) is 32.7 Å². The van der Waals surface area contributed by atoms with Crippen LogP contribution in [0, 0.1) is 0 Å². The molecule has 2 aromatic carbocycles. The predicted molar refractivity (Wildman–Crippen MR) is 135 cm³/mol. The summed E-state index contributed by atoms with van der Waals surface area (Å²) in [6.07, 6.45) is 1.56. The van der Waals surface area contributed by atoms with Gasteiger partial charge in [0.25, 0.3) is 11.1 Å². The number of carbonyl (C=O) groups is 3. The Kier molecular flexibility index (Phi) is 8.92. The molecule has 0 radical (unpaired) electrons. The molecule has 0 unspecified atom stereocenters. The van der Waals surface area contributed by atoms with E-state index >= 15 is 0 Å². The highest BCUT2D eigenvalue weighted by Crippen LogP contribution is 2.40. The Labute approximate surface area is 219 Å². The molecule has 0 aliphatic carbocycles. The topological polar surface area (TPSA) is 82.1 Å². The molecule has 1 atom stereocenters. The number of rotatable bonds is 8. The standard InChI is InChI=1S/C23H20BrCl2NO6S/c1-4-32-18-9-14(10-19-21(28)27(23(30)34-19)12(2)22(29)31-3)7-15(24)20(18)33-11-13-5-6-16(25)17(26)8-13/h5-10,12H,4,11H2,1-3H3/b19-10+/t12-/m0/s1. The van der Waals surface area contributed by atoms with Crippen molar-refractivity contribution in [1.82, 2.24) is 4.90 Å². The van der Waals surface area contributed by atoms with Gasteiger partial charge in [0.2, 0.25) is 0 Å². The fourth-order valence-corrected chi connectivity index (χ4v) is 4.90. The second-order valence-corrected chi connectivity index (χ2v) is 9.71. The normalized spacial score (nSPS) is 15.6.